The Labute approximate surface area is 358 Å². The van der Waals surface area contributed by atoms with Crippen molar-refractivity contribution in [3.05, 3.63) is 135 Å². The normalized spacial score (nSPS) is 25.9. The highest BCUT2D eigenvalue weighted by Gasteiger charge is 2.51. The second kappa shape index (κ2) is 15.1. The number of H-pyrrole nitrogens is 1. The van der Waals surface area contributed by atoms with Crippen LogP contribution in [0.15, 0.2) is 90.2 Å². The first kappa shape index (κ1) is 40.2. The molecular weight excluding hydrogens is 755 g/mol. The highest BCUT2D eigenvalue weighted by atomic mass is 16.1. The Kier molecular flexibility index (Phi) is 9.93. The standard InChI is InChI=1S/C52H53N7O2/c1-29(2)34-8-14-37(15-9-34)50-58-48-44(19-17-42-32(5)46(61)39(27-54)25-52(42,48)7)59(50)28-40-23-33(20-21-55-40)22-30(3)35-10-12-36(13-11-35)49-56-43-18-16-41-31(4)45(60)38(26-53)24-51(41,6)47(43)57-49/h8-15,20-21,23-25,29-32,41-42H,16-19,22,28H2,1-7H3,(H,56,57)/t30?,31-,32-,41-,42-,51-,52-/m1/s1. The fourth-order valence-electron chi connectivity index (χ4n) is 11.3. The summed E-state index contributed by atoms with van der Waals surface area (Å²) in [5.74, 6) is 1.99. The van der Waals surface area contributed by atoms with Crippen LogP contribution in [0.4, 0.5) is 0 Å². The minimum Gasteiger partial charge on any atom is -0.342 e. The topological polar surface area (TPSA) is 141 Å². The van der Waals surface area contributed by atoms with E-state index in [4.69, 9.17) is 15.0 Å². The molecule has 3 heterocycles. The number of imidazole rings is 2. The molecule has 0 radical (unpaired) electrons. The van der Waals surface area contributed by atoms with Crippen molar-refractivity contribution in [2.45, 2.75) is 110 Å². The number of carbonyl (C=O) groups excluding carboxylic acids is 2. The summed E-state index contributed by atoms with van der Waals surface area (Å²) in [5, 5.41) is 19.7. The molecule has 0 fully saturated rings. The second-order valence-electron chi connectivity index (χ2n) is 18.9. The van der Waals surface area contributed by atoms with Gasteiger partial charge in [0, 0.05) is 51.4 Å². The molecule has 4 aliphatic carbocycles. The number of aromatic amines is 1. The van der Waals surface area contributed by atoms with Crippen LogP contribution in [-0.4, -0.2) is 36.1 Å². The highest BCUT2D eigenvalue weighted by Crippen LogP contribution is 2.51. The average molecular weight is 808 g/mol. The van der Waals surface area contributed by atoms with Crippen molar-refractivity contribution < 1.29 is 9.59 Å². The van der Waals surface area contributed by atoms with Gasteiger partial charge in [-0.25, -0.2) is 9.97 Å². The van der Waals surface area contributed by atoms with Crippen LogP contribution in [0, 0.1) is 46.3 Å². The summed E-state index contributed by atoms with van der Waals surface area (Å²) in [7, 11) is 0. The minimum absolute atomic E-state index is 0.0535. The Morgan fingerprint density at radius 1 is 0.787 bits per heavy atom. The first-order chi connectivity index (χ1) is 29.2. The third-order valence-electron chi connectivity index (χ3n) is 14.8. The van der Waals surface area contributed by atoms with Crippen molar-refractivity contribution in [1.29, 1.82) is 10.5 Å². The zero-order chi connectivity index (χ0) is 43.0. The molecule has 0 amide bonds. The number of nitrogens with zero attached hydrogens (tertiary/aromatic N) is 6. The molecule has 5 aromatic rings. The fourth-order valence-corrected chi connectivity index (χ4v) is 11.3. The first-order valence-corrected chi connectivity index (χ1v) is 21.9. The Morgan fingerprint density at radius 3 is 2.00 bits per heavy atom. The van der Waals surface area contributed by atoms with E-state index in [-0.39, 0.29) is 52.3 Å². The van der Waals surface area contributed by atoms with Crippen LogP contribution >= 0.6 is 0 Å². The van der Waals surface area contributed by atoms with Gasteiger partial charge in [-0.1, -0.05) is 109 Å². The summed E-state index contributed by atoms with van der Waals surface area (Å²) in [5.41, 5.74) is 10.4. The van der Waals surface area contributed by atoms with Gasteiger partial charge in [-0.15, -0.1) is 0 Å². The molecule has 1 N–H and O–H groups in total. The molecule has 9 heteroatoms. The van der Waals surface area contributed by atoms with Gasteiger partial charge in [0.1, 0.15) is 23.8 Å². The molecule has 0 saturated heterocycles. The van der Waals surface area contributed by atoms with E-state index in [1.807, 2.05) is 32.2 Å². The van der Waals surface area contributed by atoms with Crippen LogP contribution in [0.25, 0.3) is 22.8 Å². The SMILES string of the molecule is CC(C)c1ccc(-c2nc3c(n2Cc2cc(CC(C)c4ccc(-c5nc6c([nH]5)CC[C@@H]5[C@@H](C)C(=O)C(C#N)=C[C@@]65C)cc4)ccn2)CC[C@@H]2[C@@H](C)C(=O)C(C#N)=C[C@@]32C)cc1. The molecule has 0 bridgehead atoms. The van der Waals surface area contributed by atoms with Crippen LogP contribution in [0.3, 0.4) is 0 Å². The number of aryl methyl sites for hydroxylation is 1. The van der Waals surface area contributed by atoms with Gasteiger partial charge in [0.25, 0.3) is 0 Å². The van der Waals surface area contributed by atoms with Crippen LogP contribution in [0.1, 0.15) is 118 Å². The van der Waals surface area contributed by atoms with Crippen molar-refractivity contribution in [2.75, 3.05) is 0 Å². The lowest BCUT2D eigenvalue weighted by atomic mass is 9.58. The quantitative estimate of drug-likeness (QED) is 0.165. The van der Waals surface area contributed by atoms with Crippen LogP contribution in [0.5, 0.6) is 0 Å². The number of pyridine rings is 1. The largest absolute Gasteiger partial charge is 0.342 e. The van der Waals surface area contributed by atoms with Crippen LogP contribution in [-0.2, 0) is 46.2 Å². The first-order valence-electron chi connectivity index (χ1n) is 21.9. The van der Waals surface area contributed by atoms with Gasteiger partial charge < -0.3 is 9.55 Å². The molecule has 9 rings (SSSR count). The van der Waals surface area contributed by atoms with E-state index in [9.17, 15) is 20.1 Å². The van der Waals surface area contributed by atoms with E-state index in [0.717, 1.165) is 83.3 Å². The lowest BCUT2D eigenvalue weighted by Crippen LogP contribution is -2.45. The number of carbonyl (C=O) groups is 2. The molecule has 7 atom stereocenters. The van der Waals surface area contributed by atoms with Crippen molar-refractivity contribution in [2.24, 2.45) is 23.7 Å². The molecule has 4 aliphatic rings. The molecular formula is C52H53N7O2. The number of Topliss-reactive ketones (excluding diaryl/α,β-unsaturated/α-hetero) is 2. The molecule has 0 spiro atoms. The number of benzene rings is 2. The van der Waals surface area contributed by atoms with Gasteiger partial charge in [0.2, 0.25) is 0 Å². The number of fused-ring (bicyclic) bond motifs is 6. The van der Waals surface area contributed by atoms with Gasteiger partial charge in [0.05, 0.1) is 34.8 Å². The number of aromatic nitrogens is 5. The van der Waals surface area contributed by atoms with E-state index < -0.39 is 10.8 Å². The van der Waals surface area contributed by atoms with Gasteiger partial charge in [-0.05, 0) is 84.6 Å². The number of nitrogens with one attached hydrogen (secondary N) is 1. The van der Waals surface area contributed by atoms with Crippen LogP contribution < -0.4 is 0 Å². The minimum atomic E-state index is -0.531. The number of rotatable bonds is 8. The van der Waals surface area contributed by atoms with Crippen molar-refractivity contribution in [3.63, 3.8) is 0 Å². The summed E-state index contributed by atoms with van der Waals surface area (Å²) in [4.78, 5) is 45.0. The van der Waals surface area contributed by atoms with Crippen molar-refractivity contribution >= 4 is 11.6 Å². The fraction of sp³-hybridized carbons (Fsp3) is 0.404. The van der Waals surface area contributed by atoms with Gasteiger partial charge in [0.15, 0.2) is 11.6 Å². The highest BCUT2D eigenvalue weighted by molar-refractivity contribution is 6.02. The molecule has 0 saturated carbocycles. The van der Waals surface area contributed by atoms with E-state index >= 15 is 0 Å². The van der Waals surface area contributed by atoms with E-state index in [1.54, 1.807) is 0 Å². The van der Waals surface area contributed by atoms with Gasteiger partial charge >= 0.3 is 0 Å². The molecule has 308 valence electrons. The van der Waals surface area contributed by atoms with E-state index in [2.05, 4.69) is 117 Å². The molecule has 0 aliphatic heterocycles. The summed E-state index contributed by atoms with van der Waals surface area (Å²) in [6.45, 7) is 15.4. The third kappa shape index (κ3) is 6.61. The zero-order valence-corrected chi connectivity index (χ0v) is 36.2. The predicted molar refractivity (Wildman–Crippen MR) is 235 cm³/mol. The van der Waals surface area contributed by atoms with Crippen LogP contribution in [0.2, 0.25) is 0 Å². The Morgan fingerprint density at radius 2 is 1.38 bits per heavy atom. The number of hydrogen-bond donors (Lipinski definition) is 1. The second-order valence-corrected chi connectivity index (χ2v) is 18.9. The van der Waals surface area contributed by atoms with E-state index in [1.165, 1.54) is 16.7 Å². The third-order valence-corrected chi connectivity index (χ3v) is 14.8. The number of nitriles is 2. The lowest BCUT2D eigenvalue weighted by Gasteiger charge is -2.44. The Balaban J connectivity index is 0.978. The zero-order valence-electron chi connectivity index (χ0n) is 36.2. The average Bonchev–Trinajstić information content (AvgIpc) is 3.87. The summed E-state index contributed by atoms with van der Waals surface area (Å²) in [6, 6.07) is 26.0. The number of ketones is 2. The summed E-state index contributed by atoms with van der Waals surface area (Å²) in [6.07, 6.45) is 9.87. The van der Waals surface area contributed by atoms with Crippen molar-refractivity contribution in [1.82, 2.24) is 24.5 Å². The molecule has 1 unspecified atom stereocenters. The lowest BCUT2D eigenvalue weighted by molar-refractivity contribution is -0.122. The summed E-state index contributed by atoms with van der Waals surface area (Å²) >= 11 is 0. The van der Waals surface area contributed by atoms with Gasteiger partial charge in [-0.3, -0.25) is 14.6 Å². The molecule has 2 aromatic carbocycles. The maximum atomic E-state index is 13.1. The number of hydrogen-bond acceptors (Lipinski definition) is 7. The molecule has 61 heavy (non-hydrogen) atoms. The Hall–Kier alpha value is -6.19. The van der Waals surface area contributed by atoms with Crippen molar-refractivity contribution in [3.8, 4) is 34.9 Å². The maximum absolute atomic E-state index is 13.1. The molecule has 3 aromatic heterocycles. The predicted octanol–water partition coefficient (Wildman–Crippen LogP) is 9.83. The van der Waals surface area contributed by atoms with Gasteiger partial charge in [-0.2, -0.15) is 10.5 Å². The summed E-state index contributed by atoms with van der Waals surface area (Å²) < 4.78 is 2.33. The van der Waals surface area contributed by atoms with E-state index in [0.29, 0.717) is 12.5 Å². The molecule has 9 nitrogen and oxygen atoms in total. The maximum Gasteiger partial charge on any atom is 0.176 e. The number of allylic oxidation sites excluding steroid dienone is 4. The Bertz CT molecular complexity index is 2740. The monoisotopic (exact) mass is 807 g/mol. The smallest absolute Gasteiger partial charge is 0.176 e.